The van der Waals surface area contributed by atoms with E-state index >= 15 is 0 Å². The van der Waals surface area contributed by atoms with Gasteiger partial charge in [-0.1, -0.05) is 82.3 Å². The third-order valence-corrected chi connectivity index (χ3v) is 9.72. The van der Waals surface area contributed by atoms with Gasteiger partial charge in [0, 0.05) is 29.8 Å². The normalized spacial score (nSPS) is 22.4. The van der Waals surface area contributed by atoms with Gasteiger partial charge in [-0.3, -0.25) is 24.0 Å². The maximum atomic E-state index is 14.5. The van der Waals surface area contributed by atoms with E-state index in [-0.39, 0.29) is 44.1 Å². The lowest BCUT2D eigenvalue weighted by atomic mass is 9.84. The van der Waals surface area contributed by atoms with E-state index in [0.717, 1.165) is 32.1 Å². The highest BCUT2D eigenvalue weighted by Gasteiger charge is 2.55. The first-order valence-electron chi connectivity index (χ1n) is 17.2. The second-order valence-electron chi connectivity index (χ2n) is 14.8. The summed E-state index contributed by atoms with van der Waals surface area (Å²) in [5, 5.41) is 11.8. The molecule has 0 aromatic heterocycles. The van der Waals surface area contributed by atoms with Gasteiger partial charge in [-0.2, -0.15) is 13.2 Å². The van der Waals surface area contributed by atoms with E-state index in [2.05, 4.69) is 15.8 Å². The lowest BCUT2D eigenvalue weighted by Gasteiger charge is -2.36. The molecule has 0 radical (unpaired) electrons. The number of amides is 4. The molecule has 4 rings (SSSR count). The average molecular weight is 726 g/mol. The van der Waals surface area contributed by atoms with Crippen molar-refractivity contribution in [2.45, 2.75) is 122 Å². The zero-order chi connectivity index (χ0) is 36.9. The third-order valence-electron chi connectivity index (χ3n) is 9.48. The van der Waals surface area contributed by atoms with Gasteiger partial charge in [0.2, 0.25) is 23.5 Å². The Labute approximate surface area is 295 Å². The molecule has 4 atom stereocenters. The number of nitrogens with one attached hydrogen (secondary N) is 3. The number of carbonyl (C=O) groups excluding carboxylic acids is 5. The second kappa shape index (κ2) is 16.1. The van der Waals surface area contributed by atoms with Gasteiger partial charge in [0.25, 0.3) is 5.91 Å². The molecular weight excluding hydrogens is 679 g/mol. The van der Waals surface area contributed by atoms with Crippen molar-refractivity contribution in [3.8, 4) is 0 Å². The number of hydrogen-bond donors (Lipinski definition) is 3. The van der Waals surface area contributed by atoms with E-state index in [4.69, 9.17) is 16.4 Å². The van der Waals surface area contributed by atoms with Crippen LogP contribution in [-0.4, -0.2) is 83.0 Å². The minimum Gasteiger partial charge on any atom is -0.387 e. The molecule has 0 unspecified atom stereocenters. The van der Waals surface area contributed by atoms with Crippen LogP contribution in [-0.2, 0) is 28.8 Å². The van der Waals surface area contributed by atoms with Gasteiger partial charge < -0.3 is 25.7 Å². The predicted octanol–water partition coefficient (Wildman–Crippen LogP) is 4.84. The molecular formula is C35H47ClF3N5O6. The summed E-state index contributed by atoms with van der Waals surface area (Å²) in [4.78, 5) is 74.4. The minimum absolute atomic E-state index is 0.0316. The summed E-state index contributed by atoms with van der Waals surface area (Å²) in [5.74, 6) is -4.07. The molecule has 0 bridgehead atoms. The largest absolute Gasteiger partial charge is 0.405 e. The Morgan fingerprint density at radius 2 is 1.78 bits per heavy atom. The number of ketones is 1. The van der Waals surface area contributed by atoms with Crippen molar-refractivity contribution in [1.29, 1.82) is 0 Å². The highest BCUT2D eigenvalue weighted by atomic mass is 35.5. The standard InChI is InChI=1S/C35H47ClF3N5O6/c1-5-10-24(28(46)31(48)40-19-35(37,38)39)41-30(47)26-18-34(17-25(43-50-34)22-13-9-14-23(36)16-22)20-44(26)32(49)29(33(2,3)4)42-27(45)15-21-11-7-6-8-12-21/h9,13-14,16,21,24,26,29H,5-8,10-12,15,17-20H2,1-4H3,(H,40,48)(H,41,47)(H,42,45)/t24-,26-,29+,34+/m0/s1. The van der Waals surface area contributed by atoms with Crippen LogP contribution in [0, 0.1) is 11.3 Å². The summed E-state index contributed by atoms with van der Waals surface area (Å²) >= 11 is 6.20. The highest BCUT2D eigenvalue weighted by molar-refractivity contribution is 6.38. The monoisotopic (exact) mass is 725 g/mol. The molecule has 2 aliphatic heterocycles. The summed E-state index contributed by atoms with van der Waals surface area (Å²) < 4.78 is 38.2. The van der Waals surface area contributed by atoms with E-state index < -0.39 is 65.4 Å². The fraction of sp³-hybridized carbons (Fsp3) is 0.657. The van der Waals surface area contributed by atoms with Gasteiger partial charge in [-0.25, -0.2) is 0 Å². The van der Waals surface area contributed by atoms with Crippen LogP contribution in [0.15, 0.2) is 29.4 Å². The smallest absolute Gasteiger partial charge is 0.387 e. The molecule has 3 aliphatic rings. The summed E-state index contributed by atoms with van der Waals surface area (Å²) in [6, 6.07) is 3.29. The molecule has 1 spiro atoms. The van der Waals surface area contributed by atoms with Crippen molar-refractivity contribution in [3.63, 3.8) is 0 Å². The fourth-order valence-corrected chi connectivity index (χ4v) is 7.08. The maximum absolute atomic E-state index is 14.5. The first-order valence-corrected chi connectivity index (χ1v) is 17.6. The summed E-state index contributed by atoms with van der Waals surface area (Å²) in [6.45, 7) is 5.31. The van der Waals surface area contributed by atoms with Gasteiger partial charge in [0.1, 0.15) is 18.6 Å². The minimum atomic E-state index is -4.73. The fourth-order valence-electron chi connectivity index (χ4n) is 6.89. The predicted molar refractivity (Wildman–Crippen MR) is 180 cm³/mol. The number of carbonyl (C=O) groups is 5. The number of likely N-dealkylation sites (tertiary alicyclic amines) is 1. The molecule has 50 heavy (non-hydrogen) atoms. The van der Waals surface area contributed by atoms with Gasteiger partial charge in [0.05, 0.1) is 18.3 Å². The van der Waals surface area contributed by atoms with Crippen LogP contribution in [0.4, 0.5) is 13.2 Å². The van der Waals surface area contributed by atoms with Crippen molar-refractivity contribution in [2.24, 2.45) is 16.5 Å². The van der Waals surface area contributed by atoms with Crippen LogP contribution in [0.5, 0.6) is 0 Å². The Morgan fingerprint density at radius 1 is 1.08 bits per heavy atom. The third kappa shape index (κ3) is 10.2. The van der Waals surface area contributed by atoms with E-state index in [0.29, 0.717) is 22.7 Å². The summed E-state index contributed by atoms with van der Waals surface area (Å²) in [5.41, 5.74) is -0.666. The van der Waals surface area contributed by atoms with E-state index in [1.807, 2.05) is 0 Å². The van der Waals surface area contributed by atoms with Gasteiger partial charge in [-0.05, 0) is 42.7 Å². The number of alkyl halides is 3. The molecule has 3 N–H and O–H groups in total. The van der Waals surface area contributed by atoms with Crippen molar-refractivity contribution < 1.29 is 42.0 Å². The van der Waals surface area contributed by atoms with Crippen LogP contribution < -0.4 is 16.0 Å². The Morgan fingerprint density at radius 3 is 2.40 bits per heavy atom. The molecule has 11 nitrogen and oxygen atoms in total. The molecule has 1 aromatic rings. The van der Waals surface area contributed by atoms with Gasteiger partial charge in [-0.15, -0.1) is 0 Å². The maximum Gasteiger partial charge on any atom is 0.405 e. The number of nitrogens with zero attached hydrogens (tertiary/aromatic N) is 2. The zero-order valence-electron chi connectivity index (χ0n) is 29.0. The van der Waals surface area contributed by atoms with E-state index in [1.54, 1.807) is 57.3 Å². The summed E-state index contributed by atoms with van der Waals surface area (Å²) in [7, 11) is 0. The number of Topliss-reactive ketones (excluding diaryl/α,β-unsaturated/α-hetero) is 1. The van der Waals surface area contributed by atoms with Crippen molar-refractivity contribution in [2.75, 3.05) is 13.1 Å². The van der Waals surface area contributed by atoms with Crippen LogP contribution in [0.2, 0.25) is 5.02 Å². The molecule has 2 fully saturated rings. The molecule has 2 heterocycles. The zero-order valence-corrected chi connectivity index (χ0v) is 29.7. The topological polar surface area (TPSA) is 146 Å². The van der Waals surface area contributed by atoms with Gasteiger partial charge in [0.15, 0.2) is 5.60 Å². The molecule has 1 saturated heterocycles. The number of halogens is 4. The van der Waals surface area contributed by atoms with E-state index in [1.165, 1.54) is 4.90 Å². The number of oxime groups is 1. The van der Waals surface area contributed by atoms with Crippen molar-refractivity contribution >= 4 is 46.7 Å². The SMILES string of the molecule is CCC[C@H](NC(=O)[C@@H]1C[C@]2(CC(c3cccc(Cl)c3)=NO2)CN1C(=O)[C@@H](NC(=O)CC1CCCCC1)C(C)(C)C)C(=O)C(=O)NCC(F)(F)F. The summed E-state index contributed by atoms with van der Waals surface area (Å²) in [6.07, 6.45) is 1.13. The van der Waals surface area contributed by atoms with Crippen molar-refractivity contribution in [1.82, 2.24) is 20.9 Å². The average Bonchev–Trinajstić information content (AvgIpc) is 3.64. The number of hydrogen-bond acceptors (Lipinski definition) is 7. The van der Waals surface area contributed by atoms with Crippen molar-refractivity contribution in [3.05, 3.63) is 34.9 Å². The Kier molecular flexibility index (Phi) is 12.6. The lowest BCUT2D eigenvalue weighted by molar-refractivity contribution is -0.147. The number of rotatable bonds is 12. The molecule has 1 aromatic carbocycles. The Hall–Kier alpha value is -3.68. The van der Waals surface area contributed by atoms with E-state index in [9.17, 15) is 37.1 Å². The second-order valence-corrected chi connectivity index (χ2v) is 15.2. The van der Waals surface area contributed by atoms with Gasteiger partial charge >= 0.3 is 6.18 Å². The Balaban J connectivity index is 1.59. The van der Waals surface area contributed by atoms with Crippen LogP contribution in [0.3, 0.4) is 0 Å². The molecule has 276 valence electrons. The molecule has 1 aliphatic carbocycles. The first kappa shape index (κ1) is 39.1. The first-order chi connectivity index (χ1) is 23.4. The van der Waals surface area contributed by atoms with Crippen LogP contribution >= 0.6 is 11.6 Å². The Bertz CT molecular complexity index is 1480. The quantitative estimate of drug-likeness (QED) is 0.263. The lowest BCUT2D eigenvalue weighted by Crippen LogP contribution is -2.59. The number of benzene rings is 1. The molecule has 4 amide bonds. The highest BCUT2D eigenvalue weighted by Crippen LogP contribution is 2.40. The molecule has 15 heteroatoms. The van der Waals surface area contributed by atoms with Crippen LogP contribution in [0.25, 0.3) is 0 Å². The molecule has 1 saturated carbocycles. The van der Waals surface area contributed by atoms with Crippen LogP contribution in [0.1, 0.15) is 97.5 Å².